The Kier molecular flexibility index (Phi) is 6.34. The number of halogens is 1. The fraction of sp³-hybridized carbons (Fsp3) is 0.625. The van der Waals surface area contributed by atoms with Gasteiger partial charge in [-0.05, 0) is 61.9 Å². The number of hydrogen-bond acceptors (Lipinski definition) is 1. The van der Waals surface area contributed by atoms with Crippen LogP contribution in [0.4, 0.5) is 4.39 Å². The summed E-state index contributed by atoms with van der Waals surface area (Å²) in [6, 6.07) is 5.38. The Hall–Kier alpha value is -0.890. The molecule has 0 bridgehead atoms. The van der Waals surface area contributed by atoms with Crippen LogP contribution in [0, 0.1) is 18.7 Å². The van der Waals surface area contributed by atoms with Crippen LogP contribution in [0.1, 0.15) is 57.2 Å². The third-order valence-electron chi connectivity index (χ3n) is 3.29. The van der Waals surface area contributed by atoms with E-state index >= 15 is 0 Å². The maximum absolute atomic E-state index is 13.4. The van der Waals surface area contributed by atoms with Crippen LogP contribution in [0.25, 0.3) is 0 Å². The molecule has 0 amide bonds. The van der Waals surface area contributed by atoms with Crippen molar-refractivity contribution in [3.8, 4) is 0 Å². The van der Waals surface area contributed by atoms with Gasteiger partial charge < -0.3 is 5.32 Å². The molecule has 1 aromatic rings. The Morgan fingerprint density at radius 3 is 2.56 bits per heavy atom. The molecule has 1 unspecified atom stereocenters. The quantitative estimate of drug-likeness (QED) is 0.746. The summed E-state index contributed by atoms with van der Waals surface area (Å²) < 4.78 is 13.4. The third-order valence-corrected chi connectivity index (χ3v) is 3.29. The molecule has 102 valence electrons. The van der Waals surface area contributed by atoms with Crippen molar-refractivity contribution < 1.29 is 4.39 Å². The molecular weight excluding hydrogens is 225 g/mol. The molecule has 0 heterocycles. The van der Waals surface area contributed by atoms with Gasteiger partial charge in [0, 0.05) is 6.04 Å². The number of rotatable bonds is 7. The molecule has 2 heteroatoms. The van der Waals surface area contributed by atoms with E-state index < -0.39 is 0 Å². The van der Waals surface area contributed by atoms with Crippen LogP contribution < -0.4 is 5.32 Å². The van der Waals surface area contributed by atoms with E-state index in [2.05, 4.69) is 33.0 Å². The lowest BCUT2D eigenvalue weighted by atomic mass is 9.94. The minimum atomic E-state index is -0.136. The second-order valence-electron chi connectivity index (χ2n) is 5.48. The van der Waals surface area contributed by atoms with E-state index in [1.165, 1.54) is 11.6 Å². The summed E-state index contributed by atoms with van der Waals surface area (Å²) in [7, 11) is 0. The molecule has 0 saturated heterocycles. The van der Waals surface area contributed by atoms with Crippen molar-refractivity contribution in [2.45, 2.75) is 53.0 Å². The van der Waals surface area contributed by atoms with Crippen LogP contribution in [-0.2, 0) is 0 Å². The summed E-state index contributed by atoms with van der Waals surface area (Å²) in [5.41, 5.74) is 2.29. The normalized spacial score (nSPS) is 13.0. The van der Waals surface area contributed by atoms with Crippen LogP contribution in [0.5, 0.6) is 0 Å². The highest BCUT2D eigenvalue weighted by molar-refractivity contribution is 5.29. The molecule has 1 aromatic carbocycles. The second kappa shape index (κ2) is 7.52. The highest BCUT2D eigenvalue weighted by Gasteiger charge is 2.14. The van der Waals surface area contributed by atoms with Crippen molar-refractivity contribution in [3.63, 3.8) is 0 Å². The van der Waals surface area contributed by atoms with Gasteiger partial charge in [0.1, 0.15) is 5.82 Å². The van der Waals surface area contributed by atoms with Crippen LogP contribution in [0.2, 0.25) is 0 Å². The zero-order valence-corrected chi connectivity index (χ0v) is 12.1. The van der Waals surface area contributed by atoms with Gasteiger partial charge in [0.05, 0.1) is 0 Å². The van der Waals surface area contributed by atoms with Crippen molar-refractivity contribution in [1.82, 2.24) is 5.32 Å². The van der Waals surface area contributed by atoms with E-state index in [9.17, 15) is 4.39 Å². The first-order valence-electron chi connectivity index (χ1n) is 7.04. The minimum absolute atomic E-state index is 0.136. The summed E-state index contributed by atoms with van der Waals surface area (Å²) >= 11 is 0. The fourth-order valence-electron chi connectivity index (χ4n) is 2.17. The highest BCUT2D eigenvalue weighted by atomic mass is 19.1. The first kappa shape index (κ1) is 15.2. The summed E-state index contributed by atoms with van der Waals surface area (Å²) in [5, 5.41) is 3.54. The molecule has 1 rings (SSSR count). The maximum Gasteiger partial charge on any atom is 0.123 e. The average molecular weight is 251 g/mol. The Morgan fingerprint density at radius 1 is 1.22 bits per heavy atom. The lowest BCUT2D eigenvalue weighted by Gasteiger charge is -2.22. The smallest absolute Gasteiger partial charge is 0.123 e. The molecule has 0 radical (unpaired) electrons. The minimum Gasteiger partial charge on any atom is -0.310 e. The van der Waals surface area contributed by atoms with E-state index in [1.54, 1.807) is 6.07 Å². The van der Waals surface area contributed by atoms with E-state index in [4.69, 9.17) is 0 Å². The van der Waals surface area contributed by atoms with Gasteiger partial charge >= 0.3 is 0 Å². The zero-order chi connectivity index (χ0) is 13.5. The van der Waals surface area contributed by atoms with Crippen LogP contribution in [0.15, 0.2) is 18.2 Å². The highest BCUT2D eigenvalue weighted by Crippen LogP contribution is 2.24. The lowest BCUT2D eigenvalue weighted by Crippen LogP contribution is -2.23. The van der Waals surface area contributed by atoms with Gasteiger partial charge in [-0.3, -0.25) is 0 Å². The van der Waals surface area contributed by atoms with Gasteiger partial charge in [-0.15, -0.1) is 0 Å². The monoisotopic (exact) mass is 251 g/mol. The second-order valence-corrected chi connectivity index (χ2v) is 5.48. The Morgan fingerprint density at radius 2 is 1.94 bits per heavy atom. The maximum atomic E-state index is 13.4. The van der Waals surface area contributed by atoms with Crippen molar-refractivity contribution in [1.29, 1.82) is 0 Å². The summed E-state index contributed by atoms with van der Waals surface area (Å²) in [6.45, 7) is 9.67. The van der Waals surface area contributed by atoms with E-state index in [0.717, 1.165) is 31.4 Å². The van der Waals surface area contributed by atoms with Crippen LogP contribution in [0.3, 0.4) is 0 Å². The van der Waals surface area contributed by atoms with Crippen molar-refractivity contribution in [3.05, 3.63) is 35.1 Å². The molecular formula is C16H26FN. The molecule has 0 aromatic heterocycles. The van der Waals surface area contributed by atoms with Gasteiger partial charge in [0.15, 0.2) is 0 Å². The summed E-state index contributed by atoms with van der Waals surface area (Å²) in [6.07, 6.45) is 3.34. The number of nitrogens with one attached hydrogen (secondary N) is 1. The standard InChI is InChI=1S/C16H26FN/c1-5-10-18-16(9-6-12(2)3)15-11-14(17)8-7-13(15)4/h7-8,11-12,16,18H,5-6,9-10H2,1-4H3. The van der Waals surface area contributed by atoms with Crippen molar-refractivity contribution in [2.24, 2.45) is 5.92 Å². The summed E-state index contributed by atoms with van der Waals surface area (Å²) in [4.78, 5) is 0. The van der Waals surface area contributed by atoms with Crippen molar-refractivity contribution in [2.75, 3.05) is 6.54 Å². The molecule has 0 aliphatic carbocycles. The van der Waals surface area contributed by atoms with Gasteiger partial charge in [-0.2, -0.15) is 0 Å². The molecule has 0 aliphatic rings. The predicted octanol–water partition coefficient (Wildman–Crippen LogP) is 4.61. The number of hydrogen-bond donors (Lipinski definition) is 1. The molecule has 0 spiro atoms. The van der Waals surface area contributed by atoms with E-state index in [1.807, 2.05) is 6.07 Å². The Balaban J connectivity index is 2.82. The molecule has 0 aliphatic heterocycles. The summed E-state index contributed by atoms with van der Waals surface area (Å²) in [5.74, 6) is 0.549. The van der Waals surface area contributed by atoms with Gasteiger partial charge in [0.25, 0.3) is 0 Å². The largest absolute Gasteiger partial charge is 0.310 e. The van der Waals surface area contributed by atoms with Gasteiger partial charge in [-0.1, -0.05) is 26.8 Å². The number of benzene rings is 1. The molecule has 1 nitrogen and oxygen atoms in total. The molecule has 0 saturated carbocycles. The van der Waals surface area contributed by atoms with E-state index in [-0.39, 0.29) is 11.9 Å². The van der Waals surface area contributed by atoms with Gasteiger partial charge in [-0.25, -0.2) is 4.39 Å². The third kappa shape index (κ3) is 4.77. The average Bonchev–Trinajstić information content (AvgIpc) is 2.32. The van der Waals surface area contributed by atoms with E-state index in [0.29, 0.717) is 5.92 Å². The lowest BCUT2D eigenvalue weighted by molar-refractivity contribution is 0.438. The number of aryl methyl sites for hydroxylation is 1. The fourth-order valence-corrected chi connectivity index (χ4v) is 2.17. The first-order valence-corrected chi connectivity index (χ1v) is 7.04. The topological polar surface area (TPSA) is 12.0 Å². The molecule has 18 heavy (non-hydrogen) atoms. The molecule has 1 N–H and O–H groups in total. The molecule has 1 atom stereocenters. The van der Waals surface area contributed by atoms with Crippen molar-refractivity contribution >= 4 is 0 Å². The zero-order valence-electron chi connectivity index (χ0n) is 12.1. The van der Waals surface area contributed by atoms with Crippen LogP contribution >= 0.6 is 0 Å². The predicted molar refractivity (Wildman–Crippen MR) is 76.2 cm³/mol. The van der Waals surface area contributed by atoms with Gasteiger partial charge in [0.2, 0.25) is 0 Å². The Bertz CT molecular complexity index is 360. The Labute approximate surface area is 111 Å². The first-order chi connectivity index (χ1) is 8.54. The molecule has 0 fully saturated rings. The van der Waals surface area contributed by atoms with Crippen LogP contribution in [-0.4, -0.2) is 6.54 Å². The SMILES string of the molecule is CCCNC(CCC(C)C)c1cc(F)ccc1C.